The summed E-state index contributed by atoms with van der Waals surface area (Å²) in [6, 6.07) is 2.13. The Hall–Kier alpha value is -1.33. The van der Waals surface area contributed by atoms with Crippen LogP contribution in [-0.4, -0.2) is 27.7 Å². The molecule has 126 valence electrons. The van der Waals surface area contributed by atoms with Crippen LogP contribution in [0.2, 0.25) is 0 Å². The third-order valence-corrected chi connectivity index (χ3v) is 4.66. The maximum atomic E-state index is 6.13. The van der Waals surface area contributed by atoms with Gasteiger partial charge in [0, 0.05) is 17.9 Å². The molecule has 2 aromatic rings. The van der Waals surface area contributed by atoms with Crippen LogP contribution >= 0.6 is 0 Å². The molecular weight excluding hydrogens is 287 g/mol. The smallest absolute Gasteiger partial charge is 0.399 e. The van der Waals surface area contributed by atoms with Gasteiger partial charge in [-0.15, -0.1) is 0 Å². The molecule has 0 spiro atoms. The Bertz CT molecular complexity index is 676. The molecule has 1 aliphatic rings. The van der Waals surface area contributed by atoms with E-state index < -0.39 is 0 Å². The lowest BCUT2D eigenvalue weighted by molar-refractivity contribution is 0.00578. The molecule has 0 aromatic carbocycles. The van der Waals surface area contributed by atoms with Crippen molar-refractivity contribution >= 4 is 18.1 Å². The zero-order valence-electron chi connectivity index (χ0n) is 15.7. The van der Waals surface area contributed by atoms with Crippen molar-refractivity contribution in [2.45, 2.75) is 73.0 Å². The highest BCUT2D eigenvalue weighted by molar-refractivity contribution is 6.62. The fraction of sp³-hybridized carbons (Fsp3) is 0.611. The van der Waals surface area contributed by atoms with Crippen LogP contribution in [0.1, 0.15) is 59.9 Å². The fourth-order valence-electron chi connectivity index (χ4n) is 2.71. The van der Waals surface area contributed by atoms with Crippen LogP contribution in [0.4, 0.5) is 0 Å². The molecule has 0 amide bonds. The molecule has 1 fully saturated rings. The average molecular weight is 316 g/mol. The number of aromatic nitrogens is 2. The van der Waals surface area contributed by atoms with Crippen molar-refractivity contribution in [2.24, 2.45) is 0 Å². The van der Waals surface area contributed by atoms with Gasteiger partial charge in [0.1, 0.15) is 0 Å². The maximum absolute atomic E-state index is 6.13. The van der Waals surface area contributed by atoms with Crippen LogP contribution < -0.4 is 5.46 Å². The van der Waals surface area contributed by atoms with E-state index >= 15 is 0 Å². The van der Waals surface area contributed by atoms with Gasteiger partial charge in [0.25, 0.3) is 0 Å². The van der Waals surface area contributed by atoms with Crippen molar-refractivity contribution in [3.8, 4) is 0 Å². The molecule has 0 unspecified atom stereocenters. The van der Waals surface area contributed by atoms with Gasteiger partial charge in [-0.05, 0) is 47.1 Å². The summed E-state index contributed by atoms with van der Waals surface area (Å²) in [6.07, 6.45) is 5.05. The van der Waals surface area contributed by atoms with Crippen LogP contribution in [-0.2, 0) is 15.7 Å². The second kappa shape index (κ2) is 6.29. The van der Waals surface area contributed by atoms with E-state index in [0.717, 1.165) is 28.8 Å². The number of hydrogen-bond acceptors (Lipinski definition) is 3. The minimum absolute atomic E-state index is 0.312. The van der Waals surface area contributed by atoms with Gasteiger partial charge in [0.15, 0.2) is 0 Å². The second-order valence-corrected chi connectivity index (χ2v) is 6.84. The largest absolute Gasteiger partial charge is 0.496 e. The molecule has 0 radical (unpaired) electrons. The van der Waals surface area contributed by atoms with Crippen molar-refractivity contribution in [1.82, 2.24) is 9.38 Å². The van der Waals surface area contributed by atoms with Crippen molar-refractivity contribution < 1.29 is 9.31 Å². The summed E-state index contributed by atoms with van der Waals surface area (Å²) in [5, 5.41) is 0. The van der Waals surface area contributed by atoms with E-state index in [1.807, 2.05) is 27.0 Å². The molecule has 2 aromatic heterocycles. The van der Waals surface area contributed by atoms with Gasteiger partial charge in [0.2, 0.25) is 0 Å². The third-order valence-electron chi connectivity index (χ3n) is 4.66. The highest BCUT2D eigenvalue weighted by Crippen LogP contribution is 2.36. The lowest BCUT2D eigenvalue weighted by Crippen LogP contribution is -2.41. The summed E-state index contributed by atoms with van der Waals surface area (Å²) in [4.78, 5) is 4.61. The monoisotopic (exact) mass is 316 g/mol. The number of aryl methyl sites for hydroxylation is 2. The second-order valence-electron chi connectivity index (χ2n) is 6.84. The molecule has 5 heteroatoms. The minimum atomic E-state index is -0.320. The van der Waals surface area contributed by atoms with Crippen molar-refractivity contribution in [2.75, 3.05) is 0 Å². The molecule has 3 rings (SSSR count). The SMILES string of the molecule is CC.CCc1nc(C)cn2cc(B3OC(C)(C)C(C)(C)O3)cc12. The number of nitrogens with zero attached hydrogens (tertiary/aromatic N) is 2. The van der Waals surface area contributed by atoms with Crippen LogP contribution in [0.5, 0.6) is 0 Å². The van der Waals surface area contributed by atoms with Gasteiger partial charge >= 0.3 is 7.12 Å². The van der Waals surface area contributed by atoms with Gasteiger partial charge in [0.05, 0.1) is 28.1 Å². The summed E-state index contributed by atoms with van der Waals surface area (Å²) in [6.45, 7) is 16.5. The molecule has 1 saturated heterocycles. The van der Waals surface area contributed by atoms with E-state index in [9.17, 15) is 0 Å². The molecule has 4 nitrogen and oxygen atoms in total. The number of rotatable bonds is 2. The normalized spacial score (nSPS) is 18.9. The lowest BCUT2D eigenvalue weighted by atomic mass is 9.81. The quantitative estimate of drug-likeness (QED) is 0.795. The Labute approximate surface area is 140 Å². The first kappa shape index (κ1) is 18.0. The summed E-state index contributed by atoms with van der Waals surface area (Å²) in [5.41, 5.74) is 3.69. The fourth-order valence-corrected chi connectivity index (χ4v) is 2.71. The van der Waals surface area contributed by atoms with E-state index in [-0.39, 0.29) is 18.3 Å². The third kappa shape index (κ3) is 3.17. The Morgan fingerprint density at radius 3 is 2.17 bits per heavy atom. The van der Waals surface area contributed by atoms with Gasteiger partial charge in [-0.3, -0.25) is 4.98 Å². The Morgan fingerprint density at radius 1 is 1.09 bits per heavy atom. The molecular formula is C18H29BN2O2. The van der Waals surface area contributed by atoms with Gasteiger partial charge < -0.3 is 13.7 Å². The Morgan fingerprint density at radius 2 is 1.65 bits per heavy atom. The topological polar surface area (TPSA) is 35.8 Å². The van der Waals surface area contributed by atoms with E-state index in [0.29, 0.717) is 0 Å². The van der Waals surface area contributed by atoms with E-state index in [1.54, 1.807) is 0 Å². The zero-order valence-corrected chi connectivity index (χ0v) is 15.7. The molecule has 0 atom stereocenters. The van der Waals surface area contributed by atoms with Gasteiger partial charge in [-0.25, -0.2) is 0 Å². The zero-order chi connectivity index (χ0) is 17.4. The predicted octanol–water partition coefficient (Wildman–Crippen LogP) is 3.53. The Balaban J connectivity index is 0.000000924. The minimum Gasteiger partial charge on any atom is -0.399 e. The van der Waals surface area contributed by atoms with Gasteiger partial charge in [-0.1, -0.05) is 20.8 Å². The van der Waals surface area contributed by atoms with Crippen LogP contribution in [0.3, 0.4) is 0 Å². The number of hydrogen-bond donors (Lipinski definition) is 0. The molecule has 0 saturated carbocycles. The van der Waals surface area contributed by atoms with E-state index in [4.69, 9.17) is 9.31 Å². The summed E-state index contributed by atoms with van der Waals surface area (Å²) in [5.74, 6) is 0. The molecule has 1 aliphatic heterocycles. The molecule has 0 bridgehead atoms. The summed E-state index contributed by atoms with van der Waals surface area (Å²) in [7, 11) is -0.320. The first-order valence-corrected chi connectivity index (χ1v) is 8.57. The highest BCUT2D eigenvalue weighted by atomic mass is 16.7. The van der Waals surface area contributed by atoms with Gasteiger partial charge in [-0.2, -0.15) is 0 Å². The first-order valence-electron chi connectivity index (χ1n) is 8.57. The van der Waals surface area contributed by atoms with Crippen LogP contribution in [0.25, 0.3) is 5.52 Å². The van der Waals surface area contributed by atoms with Crippen LogP contribution in [0.15, 0.2) is 18.5 Å². The summed E-state index contributed by atoms with van der Waals surface area (Å²) >= 11 is 0. The lowest BCUT2D eigenvalue weighted by Gasteiger charge is -2.32. The van der Waals surface area contributed by atoms with Crippen molar-refractivity contribution in [3.63, 3.8) is 0 Å². The molecule has 0 aliphatic carbocycles. The number of fused-ring (bicyclic) bond motifs is 1. The van der Waals surface area contributed by atoms with Crippen molar-refractivity contribution in [1.29, 1.82) is 0 Å². The first-order chi connectivity index (χ1) is 10.7. The molecule has 0 N–H and O–H groups in total. The molecule has 3 heterocycles. The Kier molecular flexibility index (Phi) is 4.93. The summed E-state index contributed by atoms with van der Waals surface area (Å²) < 4.78 is 14.4. The molecule has 23 heavy (non-hydrogen) atoms. The van der Waals surface area contributed by atoms with E-state index in [1.165, 1.54) is 0 Å². The maximum Gasteiger partial charge on any atom is 0.496 e. The predicted molar refractivity (Wildman–Crippen MR) is 96.4 cm³/mol. The standard InChI is InChI=1S/C16H23BN2O2.C2H6/c1-7-13-14-8-12(10-19(14)9-11(2)18-13)17-20-15(3,4)16(5,6)21-17;1-2/h8-10H,7H2,1-6H3;1-2H3. The van der Waals surface area contributed by atoms with Crippen molar-refractivity contribution in [3.05, 3.63) is 29.8 Å². The highest BCUT2D eigenvalue weighted by Gasteiger charge is 2.52. The average Bonchev–Trinajstić information content (AvgIpc) is 2.99. The van der Waals surface area contributed by atoms with E-state index in [2.05, 4.69) is 56.3 Å². The van der Waals surface area contributed by atoms with Crippen LogP contribution in [0, 0.1) is 6.92 Å².